The lowest BCUT2D eigenvalue weighted by molar-refractivity contribution is 0.00298. The van der Waals surface area contributed by atoms with Crippen LogP contribution in [0.4, 0.5) is 4.79 Å². The zero-order valence-electron chi connectivity index (χ0n) is 14.4. The Morgan fingerprint density at radius 3 is 2.75 bits per heavy atom. The number of hydrogen-bond donors (Lipinski definition) is 1. The Labute approximate surface area is 143 Å². The van der Waals surface area contributed by atoms with E-state index in [0.717, 1.165) is 32.2 Å². The average molecular weight is 333 g/mol. The van der Waals surface area contributed by atoms with Crippen LogP contribution in [0.5, 0.6) is 0 Å². The van der Waals surface area contributed by atoms with Crippen LogP contribution in [0.1, 0.15) is 55.9 Å². The zero-order valence-corrected chi connectivity index (χ0v) is 14.4. The largest absolute Gasteiger partial charge is 0.441 e. The van der Waals surface area contributed by atoms with Crippen LogP contribution < -0.4 is 0 Å². The molecular formula is C18H27N3O3. The molecular weight excluding hydrogens is 306 g/mol. The number of carbonyl (C=O) groups excluding carboxylic acids is 2. The number of carbonyl (C=O) groups is 2. The van der Waals surface area contributed by atoms with E-state index in [1.807, 2.05) is 15.9 Å². The molecule has 0 bridgehead atoms. The van der Waals surface area contributed by atoms with Crippen LogP contribution in [-0.4, -0.2) is 58.6 Å². The second-order valence-corrected chi connectivity index (χ2v) is 6.91. The van der Waals surface area contributed by atoms with Crippen molar-refractivity contribution in [2.24, 2.45) is 0 Å². The molecule has 2 fully saturated rings. The second kappa shape index (κ2) is 7.28. The predicted octanol–water partition coefficient (Wildman–Crippen LogP) is 3.02. The van der Waals surface area contributed by atoms with Gasteiger partial charge in [0.1, 0.15) is 11.3 Å². The molecule has 2 saturated heterocycles. The second-order valence-electron chi connectivity index (χ2n) is 6.91. The Balaban J connectivity index is 1.50. The molecule has 1 aromatic heterocycles. The van der Waals surface area contributed by atoms with Gasteiger partial charge in [0.2, 0.25) is 0 Å². The molecule has 6 nitrogen and oxygen atoms in total. The highest BCUT2D eigenvalue weighted by Gasteiger charge is 2.47. The number of aromatic amines is 1. The molecule has 0 aromatic carbocycles. The van der Waals surface area contributed by atoms with Crippen LogP contribution >= 0.6 is 0 Å². The van der Waals surface area contributed by atoms with E-state index in [0.29, 0.717) is 25.3 Å². The van der Waals surface area contributed by atoms with E-state index in [9.17, 15) is 9.59 Å². The van der Waals surface area contributed by atoms with E-state index >= 15 is 0 Å². The van der Waals surface area contributed by atoms with Crippen LogP contribution in [-0.2, 0) is 4.74 Å². The number of piperidine rings is 1. The predicted molar refractivity (Wildman–Crippen MR) is 90.9 cm³/mol. The van der Waals surface area contributed by atoms with E-state index in [4.69, 9.17) is 4.74 Å². The highest BCUT2D eigenvalue weighted by atomic mass is 16.6. The molecule has 1 N–H and O–H groups in total. The van der Waals surface area contributed by atoms with Gasteiger partial charge in [-0.1, -0.05) is 26.2 Å². The van der Waals surface area contributed by atoms with Crippen molar-refractivity contribution in [1.29, 1.82) is 0 Å². The van der Waals surface area contributed by atoms with Gasteiger partial charge in [-0.15, -0.1) is 0 Å². The van der Waals surface area contributed by atoms with E-state index in [-0.39, 0.29) is 12.0 Å². The smallest absolute Gasteiger partial charge is 0.410 e. The van der Waals surface area contributed by atoms with Crippen LogP contribution in [0.3, 0.4) is 0 Å². The summed E-state index contributed by atoms with van der Waals surface area (Å²) in [6, 6.07) is 3.62. The quantitative estimate of drug-likeness (QED) is 0.814. The first kappa shape index (κ1) is 16.9. The molecule has 3 rings (SSSR count). The summed E-state index contributed by atoms with van der Waals surface area (Å²) in [5, 5.41) is 0. The van der Waals surface area contributed by atoms with Crippen LogP contribution in [0, 0.1) is 0 Å². The Hall–Kier alpha value is -1.98. The topological polar surface area (TPSA) is 65.6 Å². The monoisotopic (exact) mass is 333 g/mol. The Morgan fingerprint density at radius 1 is 1.29 bits per heavy atom. The van der Waals surface area contributed by atoms with Crippen LogP contribution in [0.25, 0.3) is 0 Å². The van der Waals surface area contributed by atoms with E-state index < -0.39 is 5.60 Å². The maximum absolute atomic E-state index is 12.4. The summed E-state index contributed by atoms with van der Waals surface area (Å²) in [5.41, 5.74) is 0.223. The van der Waals surface area contributed by atoms with Crippen LogP contribution in [0.15, 0.2) is 18.3 Å². The van der Waals surface area contributed by atoms with Gasteiger partial charge >= 0.3 is 6.09 Å². The minimum absolute atomic E-state index is 0.0237. The molecule has 6 heteroatoms. The molecule has 2 aliphatic rings. The van der Waals surface area contributed by atoms with Gasteiger partial charge in [-0.25, -0.2) is 4.79 Å². The first-order chi connectivity index (χ1) is 11.6. The summed E-state index contributed by atoms with van der Waals surface area (Å²) >= 11 is 0. The van der Waals surface area contributed by atoms with Crippen molar-refractivity contribution in [2.75, 3.05) is 26.2 Å². The maximum atomic E-state index is 12.4. The van der Waals surface area contributed by atoms with E-state index in [1.54, 1.807) is 12.3 Å². The summed E-state index contributed by atoms with van der Waals surface area (Å²) in [4.78, 5) is 31.1. The van der Waals surface area contributed by atoms with Crippen LogP contribution in [0.2, 0.25) is 0 Å². The SMILES string of the molecule is CCCCCCN1CC2(CCN(C(=O)c3ccc[nH]3)CC2)OC1=O. The molecule has 0 saturated carbocycles. The van der Waals surface area contributed by atoms with Gasteiger partial charge in [-0.3, -0.25) is 4.79 Å². The fraction of sp³-hybridized carbons (Fsp3) is 0.667. The number of nitrogens with zero attached hydrogens (tertiary/aromatic N) is 2. The lowest BCUT2D eigenvalue weighted by atomic mass is 9.91. The van der Waals surface area contributed by atoms with Gasteiger partial charge in [0.05, 0.1) is 6.54 Å². The molecule has 0 radical (unpaired) electrons. The van der Waals surface area contributed by atoms with Crippen molar-refractivity contribution in [3.8, 4) is 0 Å². The molecule has 0 unspecified atom stereocenters. The van der Waals surface area contributed by atoms with Gasteiger partial charge < -0.3 is 19.5 Å². The van der Waals surface area contributed by atoms with E-state index in [1.165, 1.54) is 12.8 Å². The normalized spacial score (nSPS) is 19.8. The van der Waals surface area contributed by atoms with Gasteiger partial charge in [0, 0.05) is 38.7 Å². The van der Waals surface area contributed by atoms with Gasteiger partial charge in [-0.2, -0.15) is 0 Å². The molecule has 0 atom stereocenters. The lowest BCUT2D eigenvalue weighted by Crippen LogP contribution is -2.48. The summed E-state index contributed by atoms with van der Waals surface area (Å²) in [6.45, 7) is 4.90. The van der Waals surface area contributed by atoms with Crippen molar-refractivity contribution in [3.63, 3.8) is 0 Å². The molecule has 1 spiro atoms. The third kappa shape index (κ3) is 3.57. The minimum Gasteiger partial charge on any atom is -0.441 e. The summed E-state index contributed by atoms with van der Waals surface area (Å²) in [7, 11) is 0. The lowest BCUT2D eigenvalue weighted by Gasteiger charge is -2.37. The number of unbranched alkanes of at least 4 members (excludes halogenated alkanes) is 3. The number of hydrogen-bond acceptors (Lipinski definition) is 3. The first-order valence-corrected chi connectivity index (χ1v) is 9.04. The number of H-pyrrole nitrogens is 1. The molecule has 2 amide bonds. The Morgan fingerprint density at radius 2 is 2.08 bits per heavy atom. The molecule has 3 heterocycles. The number of amides is 2. The third-order valence-electron chi connectivity index (χ3n) is 5.11. The highest BCUT2D eigenvalue weighted by Crippen LogP contribution is 2.33. The molecule has 132 valence electrons. The van der Waals surface area contributed by atoms with Gasteiger partial charge in [-0.05, 0) is 18.6 Å². The number of ether oxygens (including phenoxy) is 1. The number of likely N-dealkylation sites (tertiary alicyclic amines) is 1. The number of aromatic nitrogens is 1. The summed E-state index contributed by atoms with van der Waals surface area (Å²) in [5.74, 6) is 0.0237. The van der Waals surface area contributed by atoms with E-state index in [2.05, 4.69) is 11.9 Å². The molecule has 2 aliphatic heterocycles. The number of nitrogens with one attached hydrogen (secondary N) is 1. The highest BCUT2D eigenvalue weighted by molar-refractivity contribution is 5.92. The summed E-state index contributed by atoms with van der Waals surface area (Å²) in [6.07, 6.45) is 7.61. The van der Waals surface area contributed by atoms with Gasteiger partial charge in [0.25, 0.3) is 5.91 Å². The molecule has 24 heavy (non-hydrogen) atoms. The Kier molecular flexibility index (Phi) is 5.11. The average Bonchev–Trinajstić information content (AvgIpc) is 3.21. The van der Waals surface area contributed by atoms with Crippen molar-refractivity contribution < 1.29 is 14.3 Å². The molecule has 0 aliphatic carbocycles. The first-order valence-electron chi connectivity index (χ1n) is 9.04. The fourth-order valence-electron chi connectivity index (χ4n) is 3.61. The van der Waals surface area contributed by atoms with Crippen molar-refractivity contribution in [3.05, 3.63) is 24.0 Å². The number of rotatable bonds is 6. The van der Waals surface area contributed by atoms with Crippen molar-refractivity contribution in [2.45, 2.75) is 51.0 Å². The van der Waals surface area contributed by atoms with Gasteiger partial charge in [0.15, 0.2) is 0 Å². The maximum Gasteiger partial charge on any atom is 0.410 e. The van der Waals surface area contributed by atoms with Crippen molar-refractivity contribution in [1.82, 2.24) is 14.8 Å². The zero-order chi connectivity index (χ0) is 17.0. The minimum atomic E-state index is -0.394. The third-order valence-corrected chi connectivity index (χ3v) is 5.11. The molecule has 1 aromatic rings. The fourth-order valence-corrected chi connectivity index (χ4v) is 3.61. The van der Waals surface area contributed by atoms with Crippen molar-refractivity contribution >= 4 is 12.0 Å². The Bertz CT molecular complexity index is 562. The standard InChI is InChI=1S/C18H27N3O3/c1-2-3-4-5-11-21-14-18(24-17(21)23)8-12-20(13-9-18)16(22)15-7-6-10-19-15/h6-7,10,19H,2-5,8-9,11-14H2,1H3. The summed E-state index contributed by atoms with van der Waals surface area (Å²) < 4.78 is 5.72.